The average molecular weight is 426 g/mol. The molecule has 0 saturated carbocycles. The van der Waals surface area contributed by atoms with Gasteiger partial charge in [0, 0.05) is 12.5 Å². The molecule has 0 spiro atoms. The van der Waals surface area contributed by atoms with Gasteiger partial charge < -0.3 is 4.42 Å². The third-order valence-corrected chi connectivity index (χ3v) is 6.31. The molecule has 0 N–H and O–H groups in total. The Kier molecular flexibility index (Phi) is 5.66. The summed E-state index contributed by atoms with van der Waals surface area (Å²) in [5, 5.41) is 7.26. The van der Waals surface area contributed by atoms with Crippen molar-refractivity contribution in [2.24, 2.45) is 0 Å². The second-order valence-electron chi connectivity index (χ2n) is 7.04. The largest absolute Gasteiger partial charge is 0.423 e. The highest BCUT2D eigenvalue weighted by Gasteiger charge is 2.35. The lowest BCUT2D eigenvalue weighted by molar-refractivity contribution is -0.137. The number of benzene rings is 1. The molecular weight excluding hydrogens is 407 g/mol. The smallest absolute Gasteiger partial charge is 0.416 e. The van der Waals surface area contributed by atoms with E-state index < -0.39 is 43.1 Å². The summed E-state index contributed by atoms with van der Waals surface area (Å²) in [6.07, 6.45) is -4.63. The number of sulfonamides is 1. The van der Waals surface area contributed by atoms with Crippen molar-refractivity contribution >= 4 is 21.6 Å². The summed E-state index contributed by atoms with van der Waals surface area (Å²) in [6, 6.07) is 1.23. The van der Waals surface area contributed by atoms with Crippen LogP contribution in [0.1, 0.15) is 51.1 Å². The number of rotatable bonds is 4. The fourth-order valence-electron chi connectivity index (χ4n) is 2.11. The lowest BCUT2D eigenvalue weighted by Crippen LogP contribution is -2.30. The molecule has 150 valence electrons. The van der Waals surface area contributed by atoms with Crippen molar-refractivity contribution in [3.05, 3.63) is 40.6 Å². The molecule has 0 amide bonds. The first-order chi connectivity index (χ1) is 12.2. The quantitative estimate of drug-likeness (QED) is 0.724. The van der Waals surface area contributed by atoms with Crippen LogP contribution in [0.25, 0.3) is 0 Å². The third kappa shape index (κ3) is 4.44. The number of alkyl halides is 3. The molecule has 0 aliphatic carbocycles. The van der Waals surface area contributed by atoms with E-state index in [9.17, 15) is 21.6 Å². The van der Waals surface area contributed by atoms with Crippen LogP contribution in [0.15, 0.2) is 27.5 Å². The predicted octanol–water partition coefficient (Wildman–Crippen LogP) is 4.42. The summed E-state index contributed by atoms with van der Waals surface area (Å²) in [5.74, 6) is 0.400. The number of halogens is 4. The van der Waals surface area contributed by atoms with Gasteiger partial charge in [0.2, 0.25) is 21.8 Å². The zero-order valence-corrected chi connectivity index (χ0v) is 16.9. The summed E-state index contributed by atoms with van der Waals surface area (Å²) in [4.78, 5) is -0.443. The van der Waals surface area contributed by atoms with E-state index in [0.717, 1.165) is 10.4 Å². The van der Waals surface area contributed by atoms with Crippen LogP contribution in [0.4, 0.5) is 13.2 Å². The van der Waals surface area contributed by atoms with E-state index in [1.54, 1.807) is 0 Å². The van der Waals surface area contributed by atoms with Gasteiger partial charge in [-0.05, 0) is 25.1 Å². The van der Waals surface area contributed by atoms with Gasteiger partial charge >= 0.3 is 6.18 Å². The summed E-state index contributed by atoms with van der Waals surface area (Å²) >= 11 is 5.82. The summed E-state index contributed by atoms with van der Waals surface area (Å²) in [7, 11) is -2.94. The van der Waals surface area contributed by atoms with Crippen molar-refractivity contribution in [2.75, 3.05) is 7.05 Å². The zero-order chi connectivity index (χ0) is 20.8. The number of hydrogen-bond donors (Lipinski definition) is 0. The van der Waals surface area contributed by atoms with E-state index in [1.807, 2.05) is 20.8 Å². The van der Waals surface area contributed by atoms with Crippen LogP contribution in [0.5, 0.6) is 0 Å². The number of aromatic nitrogens is 2. The van der Waals surface area contributed by atoms with E-state index in [1.165, 1.54) is 14.0 Å². The maximum absolute atomic E-state index is 12.8. The van der Waals surface area contributed by atoms with Gasteiger partial charge in [-0.15, -0.1) is 10.2 Å². The van der Waals surface area contributed by atoms with Crippen molar-refractivity contribution in [1.29, 1.82) is 0 Å². The van der Waals surface area contributed by atoms with Gasteiger partial charge in [0.15, 0.2) is 0 Å². The Hall–Kier alpha value is -1.65. The first kappa shape index (κ1) is 21.6. The highest BCUT2D eigenvalue weighted by molar-refractivity contribution is 7.89. The Balaban J connectivity index is 2.37. The van der Waals surface area contributed by atoms with Crippen LogP contribution >= 0.6 is 11.6 Å². The Morgan fingerprint density at radius 2 is 1.78 bits per heavy atom. The Labute approximate surface area is 160 Å². The summed E-state index contributed by atoms with van der Waals surface area (Å²) in [5.41, 5.74) is -1.45. The maximum Gasteiger partial charge on any atom is 0.416 e. The van der Waals surface area contributed by atoms with Crippen molar-refractivity contribution < 1.29 is 26.0 Å². The van der Waals surface area contributed by atoms with Gasteiger partial charge in [-0.3, -0.25) is 0 Å². The Bertz CT molecular complexity index is 936. The molecule has 6 nitrogen and oxygen atoms in total. The zero-order valence-electron chi connectivity index (χ0n) is 15.3. The van der Waals surface area contributed by atoms with Crippen molar-refractivity contribution in [3.63, 3.8) is 0 Å². The topological polar surface area (TPSA) is 76.3 Å². The second kappa shape index (κ2) is 7.06. The summed E-state index contributed by atoms with van der Waals surface area (Å²) in [6.45, 7) is 7.10. The molecule has 1 atom stereocenters. The van der Waals surface area contributed by atoms with E-state index in [-0.39, 0.29) is 5.89 Å². The van der Waals surface area contributed by atoms with Gasteiger partial charge in [0.1, 0.15) is 10.9 Å². The minimum atomic E-state index is -4.63. The Morgan fingerprint density at radius 1 is 1.19 bits per heavy atom. The number of nitrogens with zero attached hydrogens (tertiary/aromatic N) is 3. The molecule has 2 aromatic rings. The monoisotopic (exact) mass is 425 g/mol. The molecule has 0 aliphatic heterocycles. The first-order valence-electron chi connectivity index (χ1n) is 7.84. The van der Waals surface area contributed by atoms with Crippen LogP contribution in [-0.4, -0.2) is 30.0 Å². The van der Waals surface area contributed by atoms with Gasteiger partial charge in [0.05, 0.1) is 10.6 Å². The lowest BCUT2D eigenvalue weighted by atomic mass is 9.97. The molecule has 0 radical (unpaired) electrons. The van der Waals surface area contributed by atoms with Gasteiger partial charge in [0.25, 0.3) is 0 Å². The van der Waals surface area contributed by atoms with Gasteiger partial charge in [-0.1, -0.05) is 32.4 Å². The average Bonchev–Trinajstić information content (AvgIpc) is 3.02. The van der Waals surface area contributed by atoms with Crippen LogP contribution in [-0.2, 0) is 21.6 Å². The summed E-state index contributed by atoms with van der Waals surface area (Å²) < 4.78 is 70.3. The molecule has 0 bridgehead atoms. The number of hydrogen-bond acceptors (Lipinski definition) is 5. The normalized spacial score (nSPS) is 14.6. The molecule has 11 heteroatoms. The highest BCUT2D eigenvalue weighted by Crippen LogP contribution is 2.35. The third-order valence-electron chi connectivity index (χ3n) is 3.90. The molecule has 1 aromatic carbocycles. The van der Waals surface area contributed by atoms with Gasteiger partial charge in [-0.25, -0.2) is 8.42 Å². The van der Waals surface area contributed by atoms with E-state index in [2.05, 4.69) is 10.2 Å². The first-order valence-corrected chi connectivity index (χ1v) is 9.66. The van der Waals surface area contributed by atoms with Crippen LogP contribution in [0.3, 0.4) is 0 Å². The minimum absolute atomic E-state index is 0.0639. The van der Waals surface area contributed by atoms with Crippen molar-refractivity contribution in [3.8, 4) is 0 Å². The molecular formula is C16H19ClF3N3O3S. The van der Waals surface area contributed by atoms with E-state index >= 15 is 0 Å². The fourth-order valence-corrected chi connectivity index (χ4v) is 3.95. The van der Waals surface area contributed by atoms with E-state index in [0.29, 0.717) is 18.0 Å². The molecule has 0 saturated heterocycles. The minimum Gasteiger partial charge on any atom is -0.423 e. The molecule has 0 unspecified atom stereocenters. The standard InChI is InChI=1S/C16H19ClF3N3O3S/c1-9(13-21-22-14(26-13)15(2,3)4)23(5)27(24,25)12-7-6-10(8-11(12)17)16(18,19)20/h6-9H,1-5H3/t9-/m1/s1. The highest BCUT2D eigenvalue weighted by atomic mass is 35.5. The van der Waals surface area contributed by atoms with Crippen LogP contribution in [0.2, 0.25) is 5.02 Å². The van der Waals surface area contributed by atoms with Crippen molar-refractivity contribution in [1.82, 2.24) is 14.5 Å². The molecule has 1 aromatic heterocycles. The second-order valence-corrected chi connectivity index (χ2v) is 9.41. The van der Waals surface area contributed by atoms with Crippen molar-refractivity contribution in [2.45, 2.75) is 50.2 Å². The fraction of sp³-hybridized carbons (Fsp3) is 0.500. The predicted molar refractivity (Wildman–Crippen MR) is 92.8 cm³/mol. The van der Waals surface area contributed by atoms with Gasteiger partial charge in [-0.2, -0.15) is 17.5 Å². The van der Waals surface area contributed by atoms with E-state index in [4.69, 9.17) is 16.0 Å². The lowest BCUT2D eigenvalue weighted by Gasteiger charge is -2.22. The van der Waals surface area contributed by atoms with Crippen LogP contribution in [0, 0.1) is 0 Å². The molecule has 0 fully saturated rings. The maximum atomic E-state index is 12.8. The van der Waals surface area contributed by atoms with Crippen LogP contribution < -0.4 is 0 Å². The SMILES string of the molecule is C[C@H](c1nnc(C(C)(C)C)o1)N(C)S(=O)(=O)c1ccc(C(F)(F)F)cc1Cl. The Morgan fingerprint density at radius 3 is 2.22 bits per heavy atom. The molecule has 2 rings (SSSR count). The molecule has 1 heterocycles. The molecule has 0 aliphatic rings. The molecule has 27 heavy (non-hydrogen) atoms.